The van der Waals surface area contributed by atoms with E-state index in [9.17, 15) is 0 Å². The van der Waals surface area contributed by atoms with Gasteiger partial charge in [-0.3, -0.25) is 0 Å². The van der Waals surface area contributed by atoms with Gasteiger partial charge in [0.05, 0.1) is 5.69 Å². The Balaban J connectivity index is 1.83. The molecule has 3 nitrogen and oxygen atoms in total. The summed E-state index contributed by atoms with van der Waals surface area (Å²) in [6.45, 7) is 2.07. The van der Waals surface area contributed by atoms with Gasteiger partial charge < -0.3 is 15.4 Å². The third-order valence-corrected chi connectivity index (χ3v) is 4.18. The fourth-order valence-corrected chi connectivity index (χ4v) is 3.01. The largest absolute Gasteiger partial charge is 0.488 e. The number of anilines is 1. The maximum atomic E-state index is 6.25. The molecule has 0 bridgehead atoms. The summed E-state index contributed by atoms with van der Waals surface area (Å²) < 4.78 is 6.25. The number of piperidine rings is 1. The molecule has 0 aromatic heterocycles. The third-order valence-electron chi connectivity index (χ3n) is 4.18. The zero-order chi connectivity index (χ0) is 14.7. The highest BCUT2D eigenvalue weighted by molar-refractivity contribution is 5.52. The molecule has 3 rings (SSSR count). The molecule has 1 aliphatic rings. The minimum Gasteiger partial charge on any atom is -0.488 e. The number of ether oxygens (including phenoxy) is 1. The molecule has 2 aromatic rings. The van der Waals surface area contributed by atoms with E-state index in [2.05, 4.69) is 42.3 Å². The lowest BCUT2D eigenvalue weighted by molar-refractivity contribution is 0.0908. The number of hydrogen-bond acceptors (Lipinski definition) is 3. The molecule has 1 saturated heterocycles. The van der Waals surface area contributed by atoms with Crippen molar-refractivity contribution >= 4 is 5.69 Å². The van der Waals surface area contributed by atoms with E-state index >= 15 is 0 Å². The SMILES string of the molecule is CN1CC[C@@H](Oc2ccccc2N)[C@@H](c2ccccc2)C1. The molecule has 1 aliphatic heterocycles. The van der Waals surface area contributed by atoms with Crippen LogP contribution in [0.4, 0.5) is 5.69 Å². The average Bonchev–Trinajstić information content (AvgIpc) is 2.52. The van der Waals surface area contributed by atoms with Gasteiger partial charge in [0.1, 0.15) is 11.9 Å². The molecule has 0 amide bonds. The molecule has 21 heavy (non-hydrogen) atoms. The number of likely N-dealkylation sites (tertiary alicyclic amines) is 1. The fraction of sp³-hybridized carbons (Fsp3) is 0.333. The number of nitrogens with two attached hydrogens (primary N) is 1. The molecule has 2 atom stereocenters. The van der Waals surface area contributed by atoms with Crippen LogP contribution in [-0.4, -0.2) is 31.1 Å². The van der Waals surface area contributed by atoms with Crippen molar-refractivity contribution in [2.75, 3.05) is 25.9 Å². The lowest BCUT2D eigenvalue weighted by Crippen LogP contribution is -2.42. The highest BCUT2D eigenvalue weighted by atomic mass is 16.5. The second kappa shape index (κ2) is 6.19. The summed E-state index contributed by atoms with van der Waals surface area (Å²) in [5.41, 5.74) is 8.06. The summed E-state index contributed by atoms with van der Waals surface area (Å²) in [6, 6.07) is 18.4. The highest BCUT2D eigenvalue weighted by Gasteiger charge is 2.30. The van der Waals surface area contributed by atoms with Crippen molar-refractivity contribution in [3.05, 3.63) is 60.2 Å². The van der Waals surface area contributed by atoms with E-state index in [1.807, 2.05) is 24.3 Å². The van der Waals surface area contributed by atoms with E-state index in [1.54, 1.807) is 0 Å². The van der Waals surface area contributed by atoms with E-state index in [0.717, 1.165) is 25.3 Å². The summed E-state index contributed by atoms with van der Waals surface area (Å²) in [7, 11) is 2.17. The summed E-state index contributed by atoms with van der Waals surface area (Å²) in [4.78, 5) is 2.37. The first-order valence-corrected chi connectivity index (χ1v) is 7.48. The normalized spacial score (nSPS) is 22.9. The van der Waals surface area contributed by atoms with Crippen LogP contribution in [0.25, 0.3) is 0 Å². The molecule has 0 unspecified atom stereocenters. The van der Waals surface area contributed by atoms with Crippen LogP contribution in [0.15, 0.2) is 54.6 Å². The van der Waals surface area contributed by atoms with Gasteiger partial charge in [-0.1, -0.05) is 42.5 Å². The Hall–Kier alpha value is -2.00. The standard InChI is InChI=1S/C18H22N2O/c1-20-12-11-17(21-18-10-6-5-9-16(18)19)15(13-20)14-7-3-2-4-8-14/h2-10,15,17H,11-13,19H2,1H3/t15-,17-/m1/s1. The minimum atomic E-state index is 0.174. The Bertz CT molecular complexity index is 585. The monoisotopic (exact) mass is 282 g/mol. The molecule has 0 radical (unpaired) electrons. The number of rotatable bonds is 3. The smallest absolute Gasteiger partial charge is 0.142 e. The second-order valence-electron chi connectivity index (χ2n) is 5.76. The van der Waals surface area contributed by atoms with Crippen LogP contribution >= 0.6 is 0 Å². The lowest BCUT2D eigenvalue weighted by atomic mass is 9.88. The molecule has 2 aromatic carbocycles. The van der Waals surface area contributed by atoms with Gasteiger partial charge in [0, 0.05) is 19.0 Å². The van der Waals surface area contributed by atoms with E-state index in [1.165, 1.54) is 5.56 Å². The summed E-state index contributed by atoms with van der Waals surface area (Å²) in [5, 5.41) is 0. The van der Waals surface area contributed by atoms with Crippen LogP contribution < -0.4 is 10.5 Å². The Morgan fingerprint density at radius 3 is 2.52 bits per heavy atom. The maximum absolute atomic E-state index is 6.25. The van der Waals surface area contributed by atoms with Gasteiger partial charge in [0.25, 0.3) is 0 Å². The maximum Gasteiger partial charge on any atom is 0.142 e. The number of para-hydroxylation sites is 2. The Kier molecular flexibility index (Phi) is 4.11. The second-order valence-corrected chi connectivity index (χ2v) is 5.76. The van der Waals surface area contributed by atoms with Crippen molar-refractivity contribution in [3.63, 3.8) is 0 Å². The van der Waals surface area contributed by atoms with Gasteiger partial charge in [0.2, 0.25) is 0 Å². The first kappa shape index (κ1) is 14.0. The zero-order valence-corrected chi connectivity index (χ0v) is 12.4. The van der Waals surface area contributed by atoms with Crippen molar-refractivity contribution in [1.82, 2.24) is 4.90 Å². The Labute approximate surface area is 126 Å². The van der Waals surface area contributed by atoms with Crippen molar-refractivity contribution < 1.29 is 4.74 Å². The predicted molar refractivity (Wildman–Crippen MR) is 86.6 cm³/mol. The van der Waals surface area contributed by atoms with E-state index in [0.29, 0.717) is 11.6 Å². The molecule has 1 fully saturated rings. The third kappa shape index (κ3) is 3.19. The first-order valence-electron chi connectivity index (χ1n) is 7.48. The van der Waals surface area contributed by atoms with Gasteiger partial charge >= 0.3 is 0 Å². The molecule has 3 heteroatoms. The topological polar surface area (TPSA) is 38.5 Å². The Morgan fingerprint density at radius 2 is 1.76 bits per heavy atom. The van der Waals surface area contributed by atoms with Crippen molar-refractivity contribution in [3.8, 4) is 5.75 Å². The zero-order valence-electron chi connectivity index (χ0n) is 12.4. The van der Waals surface area contributed by atoms with E-state index in [-0.39, 0.29) is 6.10 Å². The summed E-state index contributed by atoms with van der Waals surface area (Å²) >= 11 is 0. The molecule has 2 N–H and O–H groups in total. The van der Waals surface area contributed by atoms with Crippen LogP contribution in [0.1, 0.15) is 17.9 Å². The van der Waals surface area contributed by atoms with Gasteiger partial charge in [-0.25, -0.2) is 0 Å². The summed E-state index contributed by atoms with van der Waals surface area (Å²) in [5.74, 6) is 1.18. The van der Waals surface area contributed by atoms with Crippen molar-refractivity contribution in [1.29, 1.82) is 0 Å². The first-order chi connectivity index (χ1) is 10.2. The number of likely N-dealkylation sites (N-methyl/N-ethyl adjacent to an activating group) is 1. The molecule has 1 heterocycles. The van der Waals surface area contributed by atoms with Crippen LogP contribution in [-0.2, 0) is 0 Å². The van der Waals surface area contributed by atoms with Crippen LogP contribution in [0, 0.1) is 0 Å². The molecule has 0 spiro atoms. The predicted octanol–water partition coefficient (Wildman–Crippen LogP) is 3.14. The number of benzene rings is 2. The molecule has 110 valence electrons. The fourth-order valence-electron chi connectivity index (χ4n) is 3.01. The lowest BCUT2D eigenvalue weighted by Gasteiger charge is -2.37. The van der Waals surface area contributed by atoms with Gasteiger partial charge in [-0.05, 0) is 31.2 Å². The van der Waals surface area contributed by atoms with Crippen LogP contribution in [0.2, 0.25) is 0 Å². The van der Waals surface area contributed by atoms with Gasteiger partial charge in [-0.15, -0.1) is 0 Å². The van der Waals surface area contributed by atoms with Gasteiger partial charge in [0.15, 0.2) is 0 Å². The van der Waals surface area contributed by atoms with E-state index < -0.39 is 0 Å². The minimum absolute atomic E-state index is 0.174. The average molecular weight is 282 g/mol. The van der Waals surface area contributed by atoms with E-state index in [4.69, 9.17) is 10.5 Å². The number of hydrogen-bond donors (Lipinski definition) is 1. The molecular weight excluding hydrogens is 260 g/mol. The van der Waals surface area contributed by atoms with Gasteiger partial charge in [-0.2, -0.15) is 0 Å². The molecular formula is C18H22N2O. The Morgan fingerprint density at radius 1 is 1.05 bits per heavy atom. The molecule has 0 aliphatic carbocycles. The summed E-state index contributed by atoms with van der Waals surface area (Å²) in [6.07, 6.45) is 1.19. The highest BCUT2D eigenvalue weighted by Crippen LogP contribution is 2.32. The molecule has 0 saturated carbocycles. The van der Waals surface area contributed by atoms with Crippen molar-refractivity contribution in [2.24, 2.45) is 0 Å². The van der Waals surface area contributed by atoms with Crippen LogP contribution in [0.3, 0.4) is 0 Å². The number of nitrogens with zero attached hydrogens (tertiary/aromatic N) is 1. The quantitative estimate of drug-likeness (QED) is 0.879. The van der Waals surface area contributed by atoms with Crippen molar-refractivity contribution in [2.45, 2.75) is 18.4 Å². The van der Waals surface area contributed by atoms with Crippen LogP contribution in [0.5, 0.6) is 5.75 Å². The number of nitrogen functional groups attached to an aromatic ring is 1.